The largest absolute Gasteiger partial charge is 0.389 e. The van der Waals surface area contributed by atoms with Gasteiger partial charge >= 0.3 is 0 Å². The molecular formula is C16H25ClN2O3S. The molecule has 1 saturated heterocycles. The Balaban J connectivity index is 2.19. The van der Waals surface area contributed by atoms with Gasteiger partial charge in [-0.15, -0.1) is 0 Å². The van der Waals surface area contributed by atoms with Gasteiger partial charge < -0.3 is 10.0 Å². The van der Waals surface area contributed by atoms with Gasteiger partial charge in [0.1, 0.15) is 0 Å². The molecule has 1 N–H and O–H groups in total. The summed E-state index contributed by atoms with van der Waals surface area (Å²) in [6.07, 6.45) is 1.68. The van der Waals surface area contributed by atoms with E-state index in [1.54, 1.807) is 12.1 Å². The highest BCUT2D eigenvalue weighted by atomic mass is 35.5. The summed E-state index contributed by atoms with van der Waals surface area (Å²) in [7, 11) is 0.238. The minimum Gasteiger partial charge on any atom is -0.389 e. The van der Waals surface area contributed by atoms with E-state index in [-0.39, 0.29) is 4.90 Å². The first-order chi connectivity index (χ1) is 10.6. The number of hydrogen-bond donors (Lipinski definition) is 1. The number of sulfonamides is 1. The number of hydrogen-bond acceptors (Lipinski definition) is 4. The summed E-state index contributed by atoms with van der Waals surface area (Å²) in [6.45, 7) is 3.12. The second-order valence-corrected chi connectivity index (χ2v) is 8.98. The van der Waals surface area contributed by atoms with E-state index in [1.807, 2.05) is 25.9 Å². The van der Waals surface area contributed by atoms with Gasteiger partial charge in [-0.1, -0.05) is 17.7 Å². The summed E-state index contributed by atoms with van der Waals surface area (Å²) < 4.78 is 27.1. The fourth-order valence-corrected chi connectivity index (χ4v) is 4.78. The molecule has 1 aliphatic heterocycles. The van der Waals surface area contributed by atoms with Gasteiger partial charge in [-0.05, 0) is 58.0 Å². The quantitative estimate of drug-likeness (QED) is 0.893. The minimum atomic E-state index is -3.58. The van der Waals surface area contributed by atoms with Gasteiger partial charge in [0.05, 0.1) is 10.5 Å². The Morgan fingerprint density at radius 1 is 1.30 bits per heavy atom. The molecule has 0 unspecified atom stereocenters. The molecule has 0 aromatic heterocycles. The third kappa shape index (κ3) is 4.45. The molecule has 1 fully saturated rings. The average molecular weight is 361 g/mol. The fourth-order valence-electron chi connectivity index (χ4n) is 3.02. The van der Waals surface area contributed by atoms with Crippen LogP contribution in [-0.4, -0.2) is 62.1 Å². The third-order valence-electron chi connectivity index (χ3n) is 4.27. The third-order valence-corrected chi connectivity index (χ3v) is 6.57. The van der Waals surface area contributed by atoms with Gasteiger partial charge in [0.2, 0.25) is 10.0 Å². The maximum absolute atomic E-state index is 12.8. The van der Waals surface area contributed by atoms with Crippen LogP contribution in [0.15, 0.2) is 23.1 Å². The first kappa shape index (κ1) is 18.7. The van der Waals surface area contributed by atoms with Crippen molar-refractivity contribution in [2.75, 3.05) is 33.7 Å². The van der Waals surface area contributed by atoms with Crippen LogP contribution >= 0.6 is 11.6 Å². The number of benzene rings is 1. The van der Waals surface area contributed by atoms with Crippen LogP contribution in [0.2, 0.25) is 5.02 Å². The predicted octanol–water partition coefficient (Wildman–Crippen LogP) is 2.12. The Bertz CT molecular complexity index is 663. The number of halogens is 1. The molecule has 2 rings (SSSR count). The molecule has 0 amide bonds. The number of aryl methyl sites for hydroxylation is 1. The maximum Gasteiger partial charge on any atom is 0.243 e. The lowest BCUT2D eigenvalue weighted by Gasteiger charge is -2.29. The molecule has 1 heterocycles. The number of nitrogens with zero attached hydrogens (tertiary/aromatic N) is 2. The van der Waals surface area contributed by atoms with Crippen LogP contribution in [0.3, 0.4) is 0 Å². The molecule has 1 aromatic carbocycles. The van der Waals surface area contributed by atoms with E-state index >= 15 is 0 Å². The van der Waals surface area contributed by atoms with E-state index in [4.69, 9.17) is 11.6 Å². The van der Waals surface area contributed by atoms with Gasteiger partial charge in [-0.25, -0.2) is 8.42 Å². The Kier molecular flexibility index (Phi) is 5.74. The van der Waals surface area contributed by atoms with Crippen LogP contribution in [0, 0.1) is 6.92 Å². The van der Waals surface area contributed by atoms with Gasteiger partial charge in [-0.3, -0.25) is 0 Å². The lowest BCUT2D eigenvalue weighted by molar-refractivity contribution is 0.00405. The molecular weight excluding hydrogens is 336 g/mol. The van der Waals surface area contributed by atoms with Crippen LogP contribution in [0.5, 0.6) is 0 Å². The Morgan fingerprint density at radius 2 is 2.00 bits per heavy atom. The van der Waals surface area contributed by atoms with Crippen molar-refractivity contribution >= 4 is 21.6 Å². The van der Waals surface area contributed by atoms with Crippen molar-refractivity contribution < 1.29 is 13.5 Å². The van der Waals surface area contributed by atoms with E-state index in [9.17, 15) is 13.5 Å². The number of rotatable bonds is 4. The molecule has 130 valence electrons. The predicted molar refractivity (Wildman–Crippen MR) is 92.3 cm³/mol. The fraction of sp³-hybridized carbons (Fsp3) is 0.625. The van der Waals surface area contributed by atoms with Crippen molar-refractivity contribution in [3.05, 3.63) is 28.8 Å². The van der Waals surface area contributed by atoms with Crippen molar-refractivity contribution in [3.63, 3.8) is 0 Å². The molecule has 0 bridgehead atoms. The van der Waals surface area contributed by atoms with Crippen LogP contribution < -0.4 is 0 Å². The van der Waals surface area contributed by atoms with E-state index < -0.39 is 15.6 Å². The standard InChI is InChI=1S/C16H25ClN2O3S/c1-13-5-6-14(11-15(13)17)23(21,22)19-9-4-7-16(20,8-10-19)12-18(2)3/h5-6,11,20H,4,7-10,12H2,1-3H3/t16-/m1/s1. The van der Waals surface area contributed by atoms with Crippen LogP contribution in [-0.2, 0) is 10.0 Å². The Hall–Kier alpha value is -0.660. The molecule has 0 saturated carbocycles. The average Bonchev–Trinajstić information content (AvgIpc) is 2.63. The maximum atomic E-state index is 12.8. The molecule has 5 nitrogen and oxygen atoms in total. The molecule has 1 atom stereocenters. The highest BCUT2D eigenvalue weighted by molar-refractivity contribution is 7.89. The molecule has 1 aliphatic rings. The minimum absolute atomic E-state index is 0.214. The second kappa shape index (κ2) is 7.07. The Morgan fingerprint density at radius 3 is 2.61 bits per heavy atom. The summed E-state index contributed by atoms with van der Waals surface area (Å²) >= 11 is 6.07. The van der Waals surface area contributed by atoms with Crippen LogP contribution in [0.1, 0.15) is 24.8 Å². The van der Waals surface area contributed by atoms with E-state index in [1.165, 1.54) is 10.4 Å². The monoisotopic (exact) mass is 360 g/mol. The van der Waals surface area contributed by atoms with Crippen molar-refractivity contribution in [1.29, 1.82) is 0 Å². The zero-order valence-electron chi connectivity index (χ0n) is 13.9. The van der Waals surface area contributed by atoms with Crippen LogP contribution in [0.4, 0.5) is 0 Å². The number of likely N-dealkylation sites (N-methyl/N-ethyl adjacent to an activating group) is 1. The normalized spacial score (nSPS) is 23.9. The lowest BCUT2D eigenvalue weighted by Crippen LogP contribution is -2.41. The zero-order valence-corrected chi connectivity index (χ0v) is 15.5. The topological polar surface area (TPSA) is 60.9 Å². The van der Waals surface area contributed by atoms with Gasteiger partial charge in [0.15, 0.2) is 0 Å². The summed E-state index contributed by atoms with van der Waals surface area (Å²) in [5, 5.41) is 11.1. The highest BCUT2D eigenvalue weighted by Gasteiger charge is 2.34. The van der Waals surface area contributed by atoms with Crippen molar-refractivity contribution in [2.45, 2.75) is 36.7 Å². The van der Waals surface area contributed by atoms with E-state index in [2.05, 4.69) is 0 Å². The molecule has 0 radical (unpaired) electrons. The molecule has 0 spiro atoms. The van der Waals surface area contributed by atoms with E-state index in [0.717, 1.165) is 5.56 Å². The van der Waals surface area contributed by atoms with Crippen molar-refractivity contribution in [1.82, 2.24) is 9.21 Å². The van der Waals surface area contributed by atoms with Gasteiger partial charge in [0.25, 0.3) is 0 Å². The van der Waals surface area contributed by atoms with Gasteiger partial charge in [0, 0.05) is 24.7 Å². The SMILES string of the molecule is Cc1ccc(S(=O)(=O)N2CCC[C@](O)(CN(C)C)CC2)cc1Cl. The Labute approximate surface area is 143 Å². The molecule has 1 aromatic rings. The summed E-state index contributed by atoms with van der Waals surface area (Å²) in [5.74, 6) is 0. The van der Waals surface area contributed by atoms with Crippen molar-refractivity contribution in [2.24, 2.45) is 0 Å². The number of aliphatic hydroxyl groups is 1. The second-order valence-electron chi connectivity index (χ2n) is 6.63. The first-order valence-electron chi connectivity index (χ1n) is 7.77. The first-order valence-corrected chi connectivity index (χ1v) is 9.59. The van der Waals surface area contributed by atoms with Crippen molar-refractivity contribution in [3.8, 4) is 0 Å². The summed E-state index contributed by atoms with van der Waals surface area (Å²) in [6, 6.07) is 4.81. The smallest absolute Gasteiger partial charge is 0.243 e. The zero-order chi connectivity index (χ0) is 17.3. The molecule has 7 heteroatoms. The van der Waals surface area contributed by atoms with Gasteiger partial charge in [-0.2, -0.15) is 4.31 Å². The summed E-state index contributed by atoms with van der Waals surface area (Å²) in [4.78, 5) is 2.15. The lowest BCUT2D eigenvalue weighted by atomic mass is 9.94. The highest BCUT2D eigenvalue weighted by Crippen LogP contribution is 2.28. The molecule has 23 heavy (non-hydrogen) atoms. The molecule has 0 aliphatic carbocycles. The summed E-state index contributed by atoms with van der Waals surface area (Å²) in [5.41, 5.74) is 0.0143. The van der Waals surface area contributed by atoms with E-state index in [0.29, 0.717) is 43.9 Å². The van der Waals surface area contributed by atoms with Crippen LogP contribution in [0.25, 0.3) is 0 Å².